The van der Waals surface area contributed by atoms with Crippen LogP contribution in [0.2, 0.25) is 0 Å². The maximum Gasteiger partial charge on any atom is 0.243 e. The molecule has 0 fully saturated rings. The van der Waals surface area contributed by atoms with Crippen LogP contribution in [-0.4, -0.2) is 29.8 Å². The molecule has 3 atom stereocenters. The first-order valence-corrected chi connectivity index (χ1v) is 7.05. The first kappa shape index (κ1) is 18.4. The van der Waals surface area contributed by atoms with Crippen LogP contribution >= 0.6 is 0 Å². The summed E-state index contributed by atoms with van der Waals surface area (Å²) in [6.07, 6.45) is 1.24. The molecule has 0 aromatic heterocycles. The number of nitrogens with two attached hydrogens (primary N) is 1. The number of nitrogens with one attached hydrogen (secondary N) is 2. The zero-order chi connectivity index (χ0) is 15.9. The van der Waals surface area contributed by atoms with E-state index in [9.17, 15) is 14.4 Å². The Morgan fingerprint density at radius 2 is 1.65 bits per heavy atom. The van der Waals surface area contributed by atoms with Crippen LogP contribution in [0.4, 0.5) is 0 Å². The lowest BCUT2D eigenvalue weighted by Crippen LogP contribution is -2.55. The fraction of sp³-hybridized carbons (Fsp3) is 0.786. The molecular formula is C14H27N3O3. The highest BCUT2D eigenvalue weighted by atomic mass is 16.2. The number of rotatable bonds is 8. The molecule has 4 N–H and O–H groups in total. The average Bonchev–Trinajstić information content (AvgIpc) is 2.32. The third kappa shape index (κ3) is 6.54. The van der Waals surface area contributed by atoms with Crippen molar-refractivity contribution in [3.8, 4) is 0 Å². The van der Waals surface area contributed by atoms with Gasteiger partial charge in [0.25, 0.3) is 0 Å². The Balaban J connectivity index is 4.86. The second-order valence-electron chi connectivity index (χ2n) is 5.66. The van der Waals surface area contributed by atoms with Crippen molar-refractivity contribution in [2.75, 3.05) is 0 Å². The molecule has 0 aliphatic heterocycles. The van der Waals surface area contributed by atoms with Gasteiger partial charge in [0.15, 0.2) is 0 Å². The van der Waals surface area contributed by atoms with Gasteiger partial charge in [-0.15, -0.1) is 0 Å². The van der Waals surface area contributed by atoms with Crippen molar-refractivity contribution in [2.24, 2.45) is 17.6 Å². The predicted octanol–water partition coefficient (Wildman–Crippen LogP) is 0.553. The first-order valence-electron chi connectivity index (χ1n) is 7.05. The Morgan fingerprint density at radius 1 is 1.10 bits per heavy atom. The summed E-state index contributed by atoms with van der Waals surface area (Å²) in [5, 5.41) is 5.26. The van der Waals surface area contributed by atoms with Gasteiger partial charge in [0.05, 0.1) is 0 Å². The summed E-state index contributed by atoms with van der Waals surface area (Å²) >= 11 is 0. The van der Waals surface area contributed by atoms with E-state index in [0.717, 1.165) is 6.42 Å². The van der Waals surface area contributed by atoms with Crippen LogP contribution in [0.25, 0.3) is 0 Å². The molecule has 3 unspecified atom stereocenters. The van der Waals surface area contributed by atoms with Crippen LogP contribution in [0, 0.1) is 11.8 Å². The first-order chi connectivity index (χ1) is 9.18. The van der Waals surface area contributed by atoms with Crippen molar-refractivity contribution in [3.05, 3.63) is 0 Å². The molecule has 3 amide bonds. The molecule has 0 radical (unpaired) electrons. The molecule has 0 aliphatic rings. The zero-order valence-electron chi connectivity index (χ0n) is 13.0. The van der Waals surface area contributed by atoms with Gasteiger partial charge in [-0.05, 0) is 18.3 Å². The maximum atomic E-state index is 12.2. The number of carbonyl (C=O) groups excluding carboxylic acids is 3. The highest BCUT2D eigenvalue weighted by Crippen LogP contribution is 2.10. The van der Waals surface area contributed by atoms with E-state index in [0.29, 0.717) is 6.42 Å². The number of hydrogen-bond donors (Lipinski definition) is 3. The minimum absolute atomic E-state index is 0.0477. The third-order valence-corrected chi connectivity index (χ3v) is 3.22. The molecule has 0 aliphatic carbocycles. The van der Waals surface area contributed by atoms with Crippen molar-refractivity contribution in [1.82, 2.24) is 10.6 Å². The Morgan fingerprint density at radius 3 is 2.00 bits per heavy atom. The van der Waals surface area contributed by atoms with Crippen LogP contribution in [0.15, 0.2) is 0 Å². The minimum Gasteiger partial charge on any atom is -0.368 e. The molecule has 0 aromatic rings. The summed E-state index contributed by atoms with van der Waals surface area (Å²) < 4.78 is 0. The molecule has 0 spiro atoms. The monoisotopic (exact) mass is 285 g/mol. The molecular weight excluding hydrogens is 258 g/mol. The van der Waals surface area contributed by atoms with Crippen LogP contribution in [-0.2, 0) is 14.4 Å². The van der Waals surface area contributed by atoms with E-state index >= 15 is 0 Å². The standard InChI is InChI=1S/C14H27N3O3/c1-6-9(4)12(13(15)19)17-14(20)11(7-8(2)3)16-10(5)18/h8-9,11-12H,6-7H2,1-5H3,(H2,15,19)(H,16,18)(H,17,20). The Labute approximate surface area is 120 Å². The molecule has 0 heterocycles. The van der Waals surface area contributed by atoms with E-state index in [1.165, 1.54) is 6.92 Å². The van der Waals surface area contributed by atoms with E-state index in [1.54, 1.807) is 0 Å². The quantitative estimate of drug-likeness (QED) is 0.607. The van der Waals surface area contributed by atoms with Gasteiger partial charge >= 0.3 is 0 Å². The van der Waals surface area contributed by atoms with Gasteiger partial charge in [-0.3, -0.25) is 14.4 Å². The molecule has 20 heavy (non-hydrogen) atoms. The van der Waals surface area contributed by atoms with Gasteiger partial charge in [0.2, 0.25) is 17.7 Å². The molecule has 0 bridgehead atoms. The van der Waals surface area contributed by atoms with Crippen molar-refractivity contribution < 1.29 is 14.4 Å². The average molecular weight is 285 g/mol. The normalized spacial score (nSPS) is 15.3. The highest BCUT2D eigenvalue weighted by molar-refractivity contribution is 5.91. The molecule has 0 saturated carbocycles. The van der Waals surface area contributed by atoms with Gasteiger partial charge < -0.3 is 16.4 Å². The number of carbonyl (C=O) groups is 3. The topological polar surface area (TPSA) is 101 Å². The summed E-state index contributed by atoms with van der Waals surface area (Å²) in [6.45, 7) is 9.06. The fourth-order valence-electron chi connectivity index (χ4n) is 1.93. The van der Waals surface area contributed by atoms with Gasteiger partial charge in [-0.25, -0.2) is 0 Å². The van der Waals surface area contributed by atoms with E-state index in [-0.39, 0.29) is 23.7 Å². The van der Waals surface area contributed by atoms with Crippen molar-refractivity contribution in [2.45, 2.75) is 59.5 Å². The second-order valence-corrected chi connectivity index (χ2v) is 5.66. The molecule has 116 valence electrons. The molecule has 6 heteroatoms. The summed E-state index contributed by atoms with van der Waals surface area (Å²) in [5.41, 5.74) is 5.32. The number of primary amides is 1. The Hall–Kier alpha value is -1.59. The minimum atomic E-state index is -0.712. The summed E-state index contributed by atoms with van der Waals surface area (Å²) in [6, 6.07) is -1.35. The highest BCUT2D eigenvalue weighted by Gasteiger charge is 2.28. The summed E-state index contributed by atoms with van der Waals surface area (Å²) in [4.78, 5) is 34.8. The SMILES string of the molecule is CCC(C)C(NC(=O)C(CC(C)C)NC(C)=O)C(N)=O. The van der Waals surface area contributed by atoms with Crippen LogP contribution in [0.3, 0.4) is 0 Å². The summed E-state index contributed by atoms with van der Waals surface area (Å²) in [5.74, 6) is -0.997. The zero-order valence-corrected chi connectivity index (χ0v) is 13.0. The summed E-state index contributed by atoms with van der Waals surface area (Å²) in [7, 11) is 0. The van der Waals surface area contributed by atoms with E-state index in [4.69, 9.17) is 5.73 Å². The third-order valence-electron chi connectivity index (χ3n) is 3.22. The lowest BCUT2D eigenvalue weighted by Gasteiger charge is -2.25. The largest absolute Gasteiger partial charge is 0.368 e. The molecule has 0 aromatic carbocycles. The Kier molecular flexibility index (Phi) is 7.87. The molecule has 0 rings (SSSR count). The fourth-order valence-corrected chi connectivity index (χ4v) is 1.93. The van der Waals surface area contributed by atoms with Gasteiger partial charge in [0, 0.05) is 6.92 Å². The van der Waals surface area contributed by atoms with Crippen LogP contribution in [0.5, 0.6) is 0 Å². The molecule has 6 nitrogen and oxygen atoms in total. The second kappa shape index (κ2) is 8.55. The van der Waals surface area contributed by atoms with E-state index in [2.05, 4.69) is 10.6 Å². The Bertz CT molecular complexity index is 356. The lowest BCUT2D eigenvalue weighted by molar-refractivity contribution is -0.131. The number of hydrogen-bond acceptors (Lipinski definition) is 3. The molecule has 0 saturated heterocycles. The van der Waals surface area contributed by atoms with Crippen LogP contribution in [0.1, 0.15) is 47.5 Å². The van der Waals surface area contributed by atoms with Gasteiger partial charge in [0.1, 0.15) is 12.1 Å². The van der Waals surface area contributed by atoms with Gasteiger partial charge in [-0.1, -0.05) is 34.1 Å². The van der Waals surface area contributed by atoms with Gasteiger partial charge in [-0.2, -0.15) is 0 Å². The van der Waals surface area contributed by atoms with Crippen molar-refractivity contribution >= 4 is 17.7 Å². The van der Waals surface area contributed by atoms with E-state index in [1.807, 2.05) is 27.7 Å². The van der Waals surface area contributed by atoms with Crippen LogP contribution < -0.4 is 16.4 Å². The lowest BCUT2D eigenvalue weighted by atomic mass is 9.97. The van der Waals surface area contributed by atoms with Crippen molar-refractivity contribution in [3.63, 3.8) is 0 Å². The van der Waals surface area contributed by atoms with E-state index < -0.39 is 18.0 Å². The number of amides is 3. The van der Waals surface area contributed by atoms with Crippen molar-refractivity contribution in [1.29, 1.82) is 0 Å². The predicted molar refractivity (Wildman–Crippen MR) is 77.6 cm³/mol. The smallest absolute Gasteiger partial charge is 0.243 e. The maximum absolute atomic E-state index is 12.2.